The predicted molar refractivity (Wildman–Crippen MR) is 131 cm³/mol. The molecule has 3 aromatic carbocycles. The van der Waals surface area contributed by atoms with Gasteiger partial charge in [0.15, 0.2) is 0 Å². The standard InChI is InChI=1S/C27H22ClN3O/c1-18-7-3-5-9-25(18)30-27(32)21(16-29)15-24-19(2)31(26-10-6-4-8-23(24)26)17-20-11-13-22(28)14-12-20/h3-15H,17H2,1-2H3,(H,30,32)/b21-15-. The largest absolute Gasteiger partial charge is 0.340 e. The summed E-state index contributed by atoms with van der Waals surface area (Å²) in [4.78, 5) is 12.9. The van der Waals surface area contributed by atoms with Crippen molar-refractivity contribution in [3.63, 3.8) is 0 Å². The number of halogens is 1. The van der Waals surface area contributed by atoms with Gasteiger partial charge >= 0.3 is 0 Å². The number of aryl methyl sites for hydroxylation is 1. The van der Waals surface area contributed by atoms with Gasteiger partial charge in [-0.05, 0) is 55.3 Å². The number of anilines is 1. The van der Waals surface area contributed by atoms with Crippen molar-refractivity contribution in [2.45, 2.75) is 20.4 Å². The highest BCUT2D eigenvalue weighted by Crippen LogP contribution is 2.29. The molecule has 1 heterocycles. The normalized spacial score (nSPS) is 11.4. The molecule has 0 aliphatic heterocycles. The van der Waals surface area contributed by atoms with Gasteiger partial charge in [0.25, 0.3) is 5.91 Å². The van der Waals surface area contributed by atoms with E-state index in [1.54, 1.807) is 6.08 Å². The molecule has 1 N–H and O–H groups in total. The minimum Gasteiger partial charge on any atom is -0.340 e. The van der Waals surface area contributed by atoms with Gasteiger partial charge in [-0.25, -0.2) is 0 Å². The van der Waals surface area contributed by atoms with Gasteiger partial charge < -0.3 is 9.88 Å². The van der Waals surface area contributed by atoms with Gasteiger partial charge in [0.05, 0.1) is 0 Å². The number of nitrogens with one attached hydrogen (secondary N) is 1. The van der Waals surface area contributed by atoms with Crippen LogP contribution in [0.4, 0.5) is 5.69 Å². The maximum Gasteiger partial charge on any atom is 0.266 e. The molecule has 0 spiro atoms. The van der Waals surface area contributed by atoms with Gasteiger partial charge in [0.2, 0.25) is 0 Å². The Hall–Kier alpha value is -3.81. The monoisotopic (exact) mass is 439 g/mol. The highest BCUT2D eigenvalue weighted by Gasteiger charge is 2.16. The third-order valence-electron chi connectivity index (χ3n) is 5.58. The van der Waals surface area contributed by atoms with E-state index in [0.29, 0.717) is 17.3 Å². The van der Waals surface area contributed by atoms with Crippen molar-refractivity contribution in [1.29, 1.82) is 5.26 Å². The first-order valence-electron chi connectivity index (χ1n) is 10.3. The Labute approximate surface area is 192 Å². The summed E-state index contributed by atoms with van der Waals surface area (Å²) in [6.45, 7) is 4.59. The number of aromatic nitrogens is 1. The van der Waals surface area contributed by atoms with Crippen LogP contribution < -0.4 is 5.32 Å². The van der Waals surface area contributed by atoms with Crippen LogP contribution in [-0.2, 0) is 11.3 Å². The van der Waals surface area contributed by atoms with E-state index in [1.807, 2.05) is 80.6 Å². The molecule has 4 aromatic rings. The molecule has 0 atom stereocenters. The minimum absolute atomic E-state index is 0.0609. The van der Waals surface area contributed by atoms with Crippen molar-refractivity contribution < 1.29 is 4.79 Å². The van der Waals surface area contributed by atoms with E-state index < -0.39 is 5.91 Å². The highest BCUT2D eigenvalue weighted by molar-refractivity contribution is 6.30. The molecule has 0 saturated carbocycles. The summed E-state index contributed by atoms with van der Waals surface area (Å²) in [5.74, 6) is -0.421. The maximum atomic E-state index is 12.9. The topological polar surface area (TPSA) is 57.8 Å². The van der Waals surface area contributed by atoms with Crippen LogP contribution in [0.2, 0.25) is 5.02 Å². The second-order valence-corrected chi connectivity index (χ2v) is 8.10. The number of carbonyl (C=O) groups excluding carboxylic acids is 1. The first kappa shape index (κ1) is 21.4. The van der Waals surface area contributed by atoms with E-state index in [0.717, 1.165) is 33.3 Å². The molecule has 0 fully saturated rings. The number of amides is 1. The molecule has 32 heavy (non-hydrogen) atoms. The van der Waals surface area contributed by atoms with Gasteiger partial charge in [-0.15, -0.1) is 0 Å². The summed E-state index contributed by atoms with van der Waals surface area (Å²) in [5.41, 5.74) is 5.71. The number of para-hydroxylation sites is 2. The van der Waals surface area contributed by atoms with Crippen molar-refractivity contribution in [2.24, 2.45) is 0 Å². The summed E-state index contributed by atoms with van der Waals surface area (Å²) in [5, 5.41) is 14.3. The molecule has 1 aromatic heterocycles. The van der Waals surface area contributed by atoms with E-state index in [-0.39, 0.29) is 5.57 Å². The van der Waals surface area contributed by atoms with Crippen LogP contribution in [0.1, 0.15) is 22.4 Å². The van der Waals surface area contributed by atoms with Crippen molar-refractivity contribution in [3.05, 3.63) is 106 Å². The van der Waals surface area contributed by atoms with Crippen LogP contribution in [-0.4, -0.2) is 10.5 Å². The zero-order valence-electron chi connectivity index (χ0n) is 17.9. The number of carbonyl (C=O) groups is 1. The summed E-state index contributed by atoms with van der Waals surface area (Å²) >= 11 is 6.03. The summed E-state index contributed by atoms with van der Waals surface area (Å²) < 4.78 is 2.19. The fraction of sp³-hybridized carbons (Fsp3) is 0.111. The van der Waals surface area contributed by atoms with Gasteiger partial charge in [0.1, 0.15) is 11.6 Å². The van der Waals surface area contributed by atoms with Gasteiger partial charge in [-0.3, -0.25) is 4.79 Å². The van der Waals surface area contributed by atoms with E-state index in [4.69, 9.17) is 11.6 Å². The van der Waals surface area contributed by atoms with Crippen LogP contribution in [0.15, 0.2) is 78.4 Å². The number of benzene rings is 3. The lowest BCUT2D eigenvalue weighted by molar-refractivity contribution is -0.112. The number of nitriles is 1. The SMILES string of the molecule is Cc1ccccc1NC(=O)/C(C#N)=C\c1c(C)n(Cc2ccc(Cl)cc2)c2ccccc12. The molecule has 0 aliphatic rings. The second-order valence-electron chi connectivity index (χ2n) is 7.67. The van der Waals surface area contributed by atoms with Crippen molar-refractivity contribution >= 4 is 40.2 Å². The van der Waals surface area contributed by atoms with E-state index >= 15 is 0 Å². The van der Waals surface area contributed by atoms with Gasteiger partial charge in [0, 0.05) is 39.4 Å². The average molecular weight is 440 g/mol. The third-order valence-corrected chi connectivity index (χ3v) is 5.83. The summed E-state index contributed by atoms with van der Waals surface area (Å²) in [6.07, 6.45) is 1.68. The predicted octanol–water partition coefficient (Wildman–Crippen LogP) is 6.51. The van der Waals surface area contributed by atoms with Gasteiger partial charge in [-0.1, -0.05) is 60.1 Å². The first-order valence-corrected chi connectivity index (χ1v) is 10.7. The molecule has 5 heteroatoms. The zero-order chi connectivity index (χ0) is 22.7. The van der Waals surface area contributed by atoms with Crippen LogP contribution >= 0.6 is 11.6 Å². The van der Waals surface area contributed by atoms with Gasteiger partial charge in [-0.2, -0.15) is 5.26 Å². The fourth-order valence-corrected chi connectivity index (χ4v) is 3.94. The summed E-state index contributed by atoms with van der Waals surface area (Å²) in [7, 11) is 0. The number of hydrogen-bond donors (Lipinski definition) is 1. The van der Waals surface area contributed by atoms with Crippen molar-refractivity contribution in [2.75, 3.05) is 5.32 Å². The smallest absolute Gasteiger partial charge is 0.266 e. The average Bonchev–Trinajstić information content (AvgIpc) is 3.06. The Balaban J connectivity index is 1.74. The molecule has 0 unspecified atom stereocenters. The highest BCUT2D eigenvalue weighted by atomic mass is 35.5. The molecule has 158 valence electrons. The number of nitrogens with zero attached hydrogens (tertiary/aromatic N) is 2. The quantitative estimate of drug-likeness (QED) is 0.285. The lowest BCUT2D eigenvalue weighted by Crippen LogP contribution is -2.14. The maximum absolute atomic E-state index is 12.9. The Morgan fingerprint density at radius 3 is 2.44 bits per heavy atom. The van der Waals surface area contributed by atoms with Crippen LogP contribution in [0.3, 0.4) is 0 Å². The van der Waals surface area contributed by atoms with Crippen molar-refractivity contribution in [1.82, 2.24) is 4.57 Å². The number of fused-ring (bicyclic) bond motifs is 1. The molecule has 0 aliphatic carbocycles. The Kier molecular flexibility index (Phi) is 6.11. The Morgan fingerprint density at radius 1 is 1.03 bits per heavy atom. The Bertz CT molecular complexity index is 1370. The van der Waals surface area contributed by atoms with Crippen LogP contribution in [0.25, 0.3) is 17.0 Å². The molecule has 0 saturated heterocycles. The molecule has 0 bridgehead atoms. The van der Waals surface area contributed by atoms with E-state index in [9.17, 15) is 10.1 Å². The van der Waals surface area contributed by atoms with E-state index in [1.165, 1.54) is 0 Å². The van der Waals surface area contributed by atoms with Crippen LogP contribution in [0, 0.1) is 25.2 Å². The molecule has 4 nitrogen and oxygen atoms in total. The molecular weight excluding hydrogens is 418 g/mol. The second kappa shape index (κ2) is 9.13. The van der Waals surface area contributed by atoms with Crippen LogP contribution in [0.5, 0.6) is 0 Å². The third kappa shape index (κ3) is 4.30. The molecule has 0 radical (unpaired) electrons. The van der Waals surface area contributed by atoms with E-state index in [2.05, 4.69) is 22.0 Å². The van der Waals surface area contributed by atoms with Crippen molar-refractivity contribution in [3.8, 4) is 6.07 Å². The number of hydrogen-bond acceptors (Lipinski definition) is 2. The first-order chi connectivity index (χ1) is 15.5. The number of rotatable bonds is 5. The lowest BCUT2D eigenvalue weighted by Gasteiger charge is -2.09. The lowest BCUT2D eigenvalue weighted by atomic mass is 10.1. The molecule has 4 rings (SSSR count). The minimum atomic E-state index is -0.421. The summed E-state index contributed by atoms with van der Waals surface area (Å²) in [6, 6.07) is 25.4. The fourth-order valence-electron chi connectivity index (χ4n) is 3.81. The molecule has 1 amide bonds. The molecular formula is C27H22ClN3O. The Morgan fingerprint density at radius 2 is 1.72 bits per heavy atom. The zero-order valence-corrected chi connectivity index (χ0v) is 18.6.